The molecule has 5 fully saturated rings. The van der Waals surface area contributed by atoms with Crippen molar-refractivity contribution in [2.45, 2.75) is 119 Å². The third-order valence-electron chi connectivity index (χ3n) is 15.3. The molecule has 0 amide bonds. The summed E-state index contributed by atoms with van der Waals surface area (Å²) in [4.78, 5) is 25.0. The Morgan fingerprint density at radius 2 is 1.59 bits per heavy atom. The van der Waals surface area contributed by atoms with E-state index < -0.39 is 0 Å². The molecule has 1 N–H and O–H groups in total. The summed E-state index contributed by atoms with van der Waals surface area (Å²) in [6.45, 7) is 21.5. The monoisotopic (exact) mass is 630 g/mol. The van der Waals surface area contributed by atoms with Crippen molar-refractivity contribution in [3.63, 3.8) is 0 Å². The van der Waals surface area contributed by atoms with Gasteiger partial charge in [0.1, 0.15) is 11.9 Å². The fraction of sp³-hybridized carbons (Fsp3) is 0.707. The molecule has 0 aromatic heterocycles. The largest absolute Gasteiger partial charge is 0.508 e. The van der Waals surface area contributed by atoms with Crippen LogP contribution in [-0.2, 0) is 19.1 Å². The Labute approximate surface area is 277 Å². The van der Waals surface area contributed by atoms with Crippen molar-refractivity contribution in [3.8, 4) is 5.75 Å². The van der Waals surface area contributed by atoms with Crippen molar-refractivity contribution in [3.05, 3.63) is 48.1 Å². The van der Waals surface area contributed by atoms with Gasteiger partial charge < -0.3 is 14.6 Å². The van der Waals surface area contributed by atoms with Crippen LogP contribution in [-0.4, -0.2) is 29.8 Å². The van der Waals surface area contributed by atoms with Crippen LogP contribution in [0.15, 0.2) is 42.5 Å². The van der Waals surface area contributed by atoms with E-state index in [1.165, 1.54) is 50.2 Å². The average molecular weight is 631 g/mol. The summed E-state index contributed by atoms with van der Waals surface area (Å²) >= 11 is 0. The highest BCUT2D eigenvalue weighted by Crippen LogP contribution is 2.77. The fourth-order valence-electron chi connectivity index (χ4n) is 12.9. The minimum absolute atomic E-state index is 0.0877. The van der Waals surface area contributed by atoms with Gasteiger partial charge in [-0.25, -0.2) is 4.79 Å². The molecular weight excluding hydrogens is 572 g/mol. The second-order valence-corrected chi connectivity index (χ2v) is 17.5. The quantitative estimate of drug-likeness (QED) is 0.193. The second-order valence-electron chi connectivity index (χ2n) is 17.5. The molecule has 0 unspecified atom stereocenters. The topological polar surface area (TPSA) is 72.8 Å². The third kappa shape index (κ3) is 5.09. The molecule has 5 nitrogen and oxygen atoms in total. The maximum Gasteiger partial charge on any atom is 0.331 e. The smallest absolute Gasteiger partial charge is 0.331 e. The predicted molar refractivity (Wildman–Crippen MR) is 183 cm³/mol. The number of benzene rings is 1. The van der Waals surface area contributed by atoms with Crippen LogP contribution in [0.1, 0.15) is 118 Å². The number of fused-ring (bicyclic) bond motifs is 7. The lowest BCUT2D eigenvalue weighted by Gasteiger charge is -2.73. The standard InChI is InChI=1S/C41H58O5/c1-26(2)30-17-22-41(25-45-27(3)42)24-23-39(7)31(36(30)41)14-15-33-38(6)20-19-34(37(4,5)32(38)18-21-40(33,39)8)46-35(44)16-11-28-9-12-29(43)13-10-28/h9-13,16,30-34,36,43H,1,14-15,17-25H2,2-8H3/b16-11+/t30-,31+,32-,33+,34-,36+,38-,39+,40+,41+/m0/s1. The van der Waals surface area contributed by atoms with Crippen LogP contribution in [0.2, 0.25) is 0 Å². The molecule has 10 atom stereocenters. The zero-order valence-corrected chi connectivity index (χ0v) is 29.5. The number of carbonyl (C=O) groups is 2. The number of phenolic OH excluding ortho intramolecular Hbond substituents is 1. The molecule has 0 aliphatic heterocycles. The number of carbonyl (C=O) groups excluding carboxylic acids is 2. The number of allylic oxidation sites excluding steroid dienone is 1. The number of aromatic hydroxyl groups is 1. The van der Waals surface area contributed by atoms with E-state index in [0.29, 0.717) is 36.2 Å². The first kappa shape index (κ1) is 33.3. The first-order valence-electron chi connectivity index (χ1n) is 18.0. The number of esters is 2. The van der Waals surface area contributed by atoms with Gasteiger partial charge in [0.05, 0.1) is 6.61 Å². The van der Waals surface area contributed by atoms with Gasteiger partial charge in [0.2, 0.25) is 0 Å². The minimum Gasteiger partial charge on any atom is -0.508 e. The fourth-order valence-corrected chi connectivity index (χ4v) is 12.9. The van der Waals surface area contributed by atoms with E-state index in [1.54, 1.807) is 37.3 Å². The van der Waals surface area contributed by atoms with Crippen LogP contribution in [0.25, 0.3) is 6.08 Å². The highest BCUT2D eigenvalue weighted by Gasteiger charge is 2.71. The van der Waals surface area contributed by atoms with Crippen molar-refractivity contribution in [1.29, 1.82) is 0 Å². The second kappa shape index (κ2) is 11.5. The lowest BCUT2D eigenvalue weighted by atomic mass is 9.32. The first-order chi connectivity index (χ1) is 21.6. The lowest BCUT2D eigenvalue weighted by molar-refractivity contribution is -0.251. The number of rotatable bonds is 6. The number of hydrogen-bond donors (Lipinski definition) is 1. The van der Waals surface area contributed by atoms with Crippen molar-refractivity contribution >= 4 is 18.0 Å². The van der Waals surface area contributed by atoms with Crippen molar-refractivity contribution in [2.24, 2.45) is 56.7 Å². The molecule has 0 bridgehead atoms. The van der Waals surface area contributed by atoms with E-state index in [4.69, 9.17) is 9.47 Å². The molecular formula is C41H58O5. The molecule has 0 heterocycles. The van der Waals surface area contributed by atoms with Gasteiger partial charge in [0.25, 0.3) is 0 Å². The van der Waals surface area contributed by atoms with Crippen LogP contribution in [0.3, 0.4) is 0 Å². The van der Waals surface area contributed by atoms with E-state index >= 15 is 0 Å². The van der Waals surface area contributed by atoms with Crippen LogP contribution < -0.4 is 0 Å². The van der Waals surface area contributed by atoms with Gasteiger partial charge in [-0.2, -0.15) is 0 Å². The van der Waals surface area contributed by atoms with Crippen LogP contribution >= 0.6 is 0 Å². The number of phenols is 1. The Morgan fingerprint density at radius 1 is 0.870 bits per heavy atom. The van der Waals surface area contributed by atoms with Gasteiger partial charge in [-0.3, -0.25) is 4.79 Å². The Morgan fingerprint density at radius 3 is 2.26 bits per heavy atom. The summed E-state index contributed by atoms with van der Waals surface area (Å²) in [6, 6.07) is 6.84. The molecule has 1 aromatic rings. The molecule has 5 saturated carbocycles. The molecule has 6 rings (SSSR count). The van der Waals surface area contributed by atoms with Crippen LogP contribution in [0, 0.1) is 56.7 Å². The summed E-state index contributed by atoms with van der Waals surface area (Å²) in [6.07, 6.45) is 14.7. The molecule has 46 heavy (non-hydrogen) atoms. The molecule has 1 aromatic carbocycles. The Balaban J connectivity index is 1.23. The molecule has 252 valence electrons. The Kier molecular flexibility index (Phi) is 8.37. The Hall–Kier alpha value is -2.56. The molecule has 5 aliphatic carbocycles. The summed E-state index contributed by atoms with van der Waals surface area (Å²) in [5.74, 6) is 2.57. The van der Waals surface area contributed by atoms with E-state index in [0.717, 1.165) is 31.2 Å². The summed E-state index contributed by atoms with van der Waals surface area (Å²) in [5.41, 5.74) is 2.82. The molecule has 0 spiro atoms. The highest BCUT2D eigenvalue weighted by atomic mass is 16.5. The van der Waals surface area contributed by atoms with Gasteiger partial charge in [0, 0.05) is 23.8 Å². The Bertz CT molecular complexity index is 1390. The number of hydrogen-bond acceptors (Lipinski definition) is 5. The summed E-state index contributed by atoms with van der Waals surface area (Å²) < 4.78 is 12.1. The SMILES string of the molecule is C=C(C)[C@@H]1CC[C@]2(COC(C)=O)CC[C@]3(C)[C@H](CC[C@@H]4[C@@]5(C)CC[C@H](OC(=O)/C=C/c6ccc(O)cc6)C(C)(C)[C@@H]5CC[C@]43C)[C@@H]12. The van der Waals surface area contributed by atoms with Gasteiger partial charge in [-0.1, -0.05) is 58.9 Å². The predicted octanol–water partition coefficient (Wildman–Crippen LogP) is 9.54. The lowest BCUT2D eigenvalue weighted by Crippen LogP contribution is -2.67. The maximum atomic E-state index is 13.0. The van der Waals surface area contributed by atoms with Crippen molar-refractivity contribution < 1.29 is 24.2 Å². The van der Waals surface area contributed by atoms with E-state index in [-0.39, 0.29) is 50.9 Å². The zero-order valence-electron chi connectivity index (χ0n) is 29.5. The van der Waals surface area contributed by atoms with Crippen molar-refractivity contribution in [2.75, 3.05) is 6.61 Å². The number of ether oxygens (including phenoxy) is 2. The van der Waals surface area contributed by atoms with E-state index in [9.17, 15) is 14.7 Å². The van der Waals surface area contributed by atoms with E-state index in [2.05, 4.69) is 48.1 Å². The molecule has 5 aliphatic rings. The van der Waals surface area contributed by atoms with Gasteiger partial charge in [0.15, 0.2) is 0 Å². The maximum absolute atomic E-state index is 13.0. The molecule has 5 heteroatoms. The summed E-state index contributed by atoms with van der Waals surface area (Å²) in [7, 11) is 0. The average Bonchev–Trinajstić information content (AvgIpc) is 3.38. The van der Waals surface area contributed by atoms with Gasteiger partial charge in [-0.05, 0) is 141 Å². The van der Waals surface area contributed by atoms with E-state index in [1.807, 2.05) is 0 Å². The summed E-state index contributed by atoms with van der Waals surface area (Å²) in [5, 5.41) is 9.56. The molecule has 0 saturated heterocycles. The normalized spacial score (nSPS) is 42.7. The highest BCUT2D eigenvalue weighted by molar-refractivity contribution is 5.87. The minimum atomic E-state index is -0.286. The van der Waals surface area contributed by atoms with Crippen LogP contribution in [0.4, 0.5) is 0 Å². The first-order valence-corrected chi connectivity index (χ1v) is 18.0. The third-order valence-corrected chi connectivity index (χ3v) is 15.3. The van der Waals surface area contributed by atoms with Crippen molar-refractivity contribution in [1.82, 2.24) is 0 Å². The van der Waals surface area contributed by atoms with Gasteiger partial charge >= 0.3 is 11.9 Å². The van der Waals surface area contributed by atoms with Gasteiger partial charge in [-0.15, -0.1) is 0 Å². The zero-order chi connectivity index (χ0) is 33.3. The van der Waals surface area contributed by atoms with Crippen LogP contribution in [0.5, 0.6) is 5.75 Å². The molecule has 0 radical (unpaired) electrons.